The Balaban J connectivity index is 1.57. The van der Waals surface area contributed by atoms with Gasteiger partial charge in [-0.3, -0.25) is 0 Å². The van der Waals surface area contributed by atoms with Crippen molar-refractivity contribution in [3.05, 3.63) is 89.5 Å². The zero-order valence-electron chi connectivity index (χ0n) is 18.2. The first-order valence-corrected chi connectivity index (χ1v) is 10.8. The molecule has 4 nitrogen and oxygen atoms in total. The highest BCUT2D eigenvalue weighted by Gasteiger charge is 2.45. The number of epoxide rings is 1. The zero-order valence-corrected chi connectivity index (χ0v) is 18.2. The molecule has 31 heavy (non-hydrogen) atoms. The van der Waals surface area contributed by atoms with Gasteiger partial charge in [0.1, 0.15) is 35.6 Å². The molecule has 3 atom stereocenters. The van der Waals surface area contributed by atoms with Crippen molar-refractivity contribution in [3.63, 3.8) is 0 Å². The molecule has 0 saturated carbocycles. The fourth-order valence-electron chi connectivity index (χ4n) is 4.67. The van der Waals surface area contributed by atoms with Crippen LogP contribution in [0.2, 0.25) is 0 Å². The van der Waals surface area contributed by atoms with Gasteiger partial charge in [0.15, 0.2) is 0 Å². The Kier molecular flexibility index (Phi) is 5.11. The molecule has 3 aromatic rings. The van der Waals surface area contributed by atoms with Crippen LogP contribution in [0.4, 0.5) is 0 Å². The molecule has 0 aromatic heterocycles. The minimum Gasteiger partial charge on any atom is -0.497 e. The molecule has 2 aliphatic rings. The highest BCUT2D eigenvalue weighted by molar-refractivity contribution is 5.52. The van der Waals surface area contributed by atoms with E-state index in [1.54, 1.807) is 7.11 Å². The molecule has 2 heterocycles. The van der Waals surface area contributed by atoms with Crippen LogP contribution < -0.4 is 14.2 Å². The van der Waals surface area contributed by atoms with Gasteiger partial charge in [-0.15, -0.1) is 0 Å². The summed E-state index contributed by atoms with van der Waals surface area (Å²) in [6, 6.07) is 25.3. The quantitative estimate of drug-likeness (QED) is 0.493. The van der Waals surface area contributed by atoms with E-state index >= 15 is 0 Å². The van der Waals surface area contributed by atoms with E-state index in [1.165, 1.54) is 16.7 Å². The van der Waals surface area contributed by atoms with Crippen molar-refractivity contribution in [3.8, 4) is 17.2 Å². The Morgan fingerprint density at radius 2 is 1.61 bits per heavy atom. The van der Waals surface area contributed by atoms with Gasteiger partial charge in [-0.05, 0) is 43.2 Å². The van der Waals surface area contributed by atoms with Crippen LogP contribution in [0.1, 0.15) is 42.4 Å². The molecular weight excluding hydrogens is 388 g/mol. The number of fused-ring (bicyclic) bond motifs is 1. The molecular formula is C27H28O4. The lowest BCUT2D eigenvalue weighted by atomic mass is 9.68. The molecule has 3 aromatic carbocycles. The predicted molar refractivity (Wildman–Crippen MR) is 120 cm³/mol. The Morgan fingerprint density at radius 1 is 0.903 bits per heavy atom. The molecule has 160 valence electrons. The summed E-state index contributed by atoms with van der Waals surface area (Å²) in [4.78, 5) is 0. The van der Waals surface area contributed by atoms with Gasteiger partial charge < -0.3 is 18.9 Å². The van der Waals surface area contributed by atoms with E-state index in [9.17, 15) is 0 Å². The third-order valence-corrected chi connectivity index (χ3v) is 6.25. The normalized spacial score (nSPS) is 23.4. The Morgan fingerprint density at radius 3 is 2.29 bits per heavy atom. The first-order chi connectivity index (χ1) is 15.0. The summed E-state index contributed by atoms with van der Waals surface area (Å²) < 4.78 is 23.1. The van der Waals surface area contributed by atoms with Crippen molar-refractivity contribution >= 4 is 0 Å². The van der Waals surface area contributed by atoms with Crippen LogP contribution in [0.25, 0.3) is 0 Å². The lowest BCUT2D eigenvalue weighted by molar-refractivity contribution is 0.0528. The minimum absolute atomic E-state index is 0.146. The predicted octanol–water partition coefficient (Wildman–Crippen LogP) is 5.56. The van der Waals surface area contributed by atoms with Crippen LogP contribution in [0.5, 0.6) is 17.2 Å². The highest BCUT2D eigenvalue weighted by atomic mass is 16.6. The van der Waals surface area contributed by atoms with Gasteiger partial charge in [-0.25, -0.2) is 0 Å². The maximum absolute atomic E-state index is 6.56. The topological polar surface area (TPSA) is 40.2 Å². The molecule has 0 bridgehead atoms. The van der Waals surface area contributed by atoms with Crippen LogP contribution in [0.15, 0.2) is 72.8 Å². The van der Waals surface area contributed by atoms with E-state index in [-0.39, 0.29) is 17.9 Å². The fraction of sp³-hybridized carbons (Fsp3) is 0.333. The fourth-order valence-corrected chi connectivity index (χ4v) is 4.67. The minimum atomic E-state index is -0.399. The molecule has 3 unspecified atom stereocenters. The molecule has 0 N–H and O–H groups in total. The van der Waals surface area contributed by atoms with E-state index in [0.717, 1.165) is 23.9 Å². The largest absolute Gasteiger partial charge is 0.497 e. The summed E-state index contributed by atoms with van der Waals surface area (Å²) in [6.07, 6.45) is 0.250. The zero-order chi connectivity index (χ0) is 21.4. The average molecular weight is 417 g/mol. The van der Waals surface area contributed by atoms with E-state index in [2.05, 4.69) is 74.5 Å². The van der Waals surface area contributed by atoms with Gasteiger partial charge in [0, 0.05) is 23.5 Å². The number of rotatable bonds is 6. The van der Waals surface area contributed by atoms with Crippen LogP contribution in [-0.4, -0.2) is 32.0 Å². The van der Waals surface area contributed by atoms with Gasteiger partial charge in [0.25, 0.3) is 0 Å². The number of benzene rings is 3. The van der Waals surface area contributed by atoms with Crippen molar-refractivity contribution in [2.75, 3.05) is 20.3 Å². The van der Waals surface area contributed by atoms with E-state index in [4.69, 9.17) is 18.9 Å². The maximum atomic E-state index is 6.56. The number of ether oxygens (including phenoxy) is 4. The SMILES string of the molecule is COc1ccc2c(c1)OC(C)(C)C(c1ccccc1)C2c1ccc(OCC2CO2)cc1. The van der Waals surface area contributed by atoms with Gasteiger partial charge in [-0.1, -0.05) is 48.5 Å². The monoisotopic (exact) mass is 416 g/mol. The summed E-state index contributed by atoms with van der Waals surface area (Å²) in [7, 11) is 1.69. The number of hydrogen-bond donors (Lipinski definition) is 0. The van der Waals surface area contributed by atoms with Crippen LogP contribution in [0, 0.1) is 0 Å². The Bertz CT molecular complexity index is 1040. The molecule has 0 spiro atoms. The smallest absolute Gasteiger partial charge is 0.127 e. The van der Waals surface area contributed by atoms with Crippen LogP contribution in [0.3, 0.4) is 0 Å². The molecule has 0 aliphatic carbocycles. The summed E-state index contributed by atoms with van der Waals surface area (Å²) >= 11 is 0. The molecule has 1 saturated heterocycles. The molecule has 0 amide bonds. The first kappa shape index (κ1) is 20.0. The van der Waals surface area contributed by atoms with Crippen LogP contribution in [-0.2, 0) is 4.74 Å². The van der Waals surface area contributed by atoms with Gasteiger partial charge in [0.05, 0.1) is 13.7 Å². The lowest BCUT2D eigenvalue weighted by Gasteiger charge is -2.45. The Hall–Kier alpha value is -2.98. The molecule has 5 rings (SSSR count). The Labute approximate surface area is 183 Å². The lowest BCUT2D eigenvalue weighted by Crippen LogP contribution is -2.43. The summed E-state index contributed by atoms with van der Waals surface area (Å²) in [5.74, 6) is 2.86. The molecule has 0 radical (unpaired) electrons. The first-order valence-electron chi connectivity index (χ1n) is 10.8. The second-order valence-corrected chi connectivity index (χ2v) is 8.81. The number of methoxy groups -OCH3 is 1. The summed E-state index contributed by atoms with van der Waals surface area (Å²) in [5.41, 5.74) is 3.29. The van der Waals surface area contributed by atoms with E-state index in [0.29, 0.717) is 6.61 Å². The molecule has 4 heteroatoms. The van der Waals surface area contributed by atoms with Crippen molar-refractivity contribution in [1.82, 2.24) is 0 Å². The molecule has 1 fully saturated rings. The van der Waals surface area contributed by atoms with E-state index < -0.39 is 5.60 Å². The van der Waals surface area contributed by atoms with Gasteiger partial charge in [0.2, 0.25) is 0 Å². The van der Waals surface area contributed by atoms with Gasteiger partial charge >= 0.3 is 0 Å². The van der Waals surface area contributed by atoms with Gasteiger partial charge in [-0.2, -0.15) is 0 Å². The average Bonchev–Trinajstić information content (AvgIpc) is 3.61. The van der Waals surface area contributed by atoms with Crippen LogP contribution >= 0.6 is 0 Å². The second kappa shape index (κ2) is 7.93. The van der Waals surface area contributed by atoms with Crippen molar-refractivity contribution in [2.45, 2.75) is 37.4 Å². The third kappa shape index (κ3) is 4.00. The van der Waals surface area contributed by atoms with E-state index in [1.807, 2.05) is 12.1 Å². The standard InChI is InChI=1S/C27H28O4/c1-27(2)26(19-7-5-4-6-8-19)25(23-14-13-21(28-3)15-24(23)31-27)18-9-11-20(12-10-18)29-16-22-17-30-22/h4-15,22,25-26H,16-17H2,1-3H3. The maximum Gasteiger partial charge on any atom is 0.127 e. The van der Waals surface area contributed by atoms with Crippen molar-refractivity contribution in [1.29, 1.82) is 0 Å². The molecule has 2 aliphatic heterocycles. The third-order valence-electron chi connectivity index (χ3n) is 6.25. The van der Waals surface area contributed by atoms with Crippen molar-refractivity contribution in [2.24, 2.45) is 0 Å². The number of hydrogen-bond acceptors (Lipinski definition) is 4. The highest BCUT2D eigenvalue weighted by Crippen LogP contribution is 2.53. The van der Waals surface area contributed by atoms with Crippen molar-refractivity contribution < 1.29 is 18.9 Å². The second-order valence-electron chi connectivity index (χ2n) is 8.81. The summed E-state index contributed by atoms with van der Waals surface area (Å²) in [5, 5.41) is 0. The summed E-state index contributed by atoms with van der Waals surface area (Å²) in [6.45, 7) is 5.76.